The van der Waals surface area contributed by atoms with Gasteiger partial charge in [0, 0.05) is 38.9 Å². The first-order valence-electron chi connectivity index (χ1n) is 4.65. The summed E-state index contributed by atoms with van der Waals surface area (Å²) in [5.74, 6) is -0.104. The minimum absolute atomic E-state index is 0.0459. The van der Waals surface area contributed by atoms with Crippen LogP contribution in [0.5, 0.6) is 0 Å². The Morgan fingerprint density at radius 2 is 1.93 bits per heavy atom. The molecular weight excluding hydrogens is 204 g/mol. The summed E-state index contributed by atoms with van der Waals surface area (Å²) in [6, 6.07) is 0. The van der Waals surface area contributed by atoms with Crippen molar-refractivity contribution < 1.29 is 13.2 Å². The molecule has 0 unspecified atom stereocenters. The number of nitrogens with one attached hydrogen (secondary N) is 1. The highest BCUT2D eigenvalue weighted by Gasteiger charge is 2.17. The van der Waals surface area contributed by atoms with E-state index in [1.807, 2.05) is 0 Å². The smallest absolute Gasteiger partial charge is 0.223 e. The van der Waals surface area contributed by atoms with Gasteiger partial charge in [0.25, 0.3) is 0 Å². The Bertz CT molecular complexity index is 294. The highest BCUT2D eigenvalue weighted by atomic mass is 32.2. The van der Waals surface area contributed by atoms with Crippen LogP contribution in [0.4, 0.5) is 0 Å². The Balaban J connectivity index is 2.34. The van der Waals surface area contributed by atoms with Crippen molar-refractivity contribution in [3.63, 3.8) is 0 Å². The van der Waals surface area contributed by atoms with Crippen LogP contribution in [0.1, 0.15) is 6.42 Å². The molecule has 0 atom stereocenters. The quantitative estimate of drug-likeness (QED) is 0.652. The molecule has 1 heterocycles. The van der Waals surface area contributed by atoms with Crippen molar-refractivity contribution in [1.82, 2.24) is 10.2 Å². The van der Waals surface area contributed by atoms with Crippen LogP contribution in [0.2, 0.25) is 0 Å². The van der Waals surface area contributed by atoms with Gasteiger partial charge < -0.3 is 10.2 Å². The molecule has 1 saturated heterocycles. The second-order valence-corrected chi connectivity index (χ2v) is 5.77. The number of carbonyl (C=O) groups excluding carboxylic acids is 1. The Kier molecular flexibility index (Phi) is 3.88. The van der Waals surface area contributed by atoms with Gasteiger partial charge in [-0.25, -0.2) is 8.42 Å². The number of piperazine rings is 1. The molecule has 1 aliphatic heterocycles. The number of carbonyl (C=O) groups is 1. The molecule has 82 valence electrons. The fourth-order valence-corrected chi connectivity index (χ4v) is 1.89. The van der Waals surface area contributed by atoms with Crippen molar-refractivity contribution in [3.8, 4) is 0 Å². The topological polar surface area (TPSA) is 66.5 Å². The molecule has 0 aromatic carbocycles. The third kappa shape index (κ3) is 4.06. The molecule has 1 amide bonds. The van der Waals surface area contributed by atoms with Crippen LogP contribution in [0.25, 0.3) is 0 Å². The van der Waals surface area contributed by atoms with E-state index in [0.717, 1.165) is 19.3 Å². The van der Waals surface area contributed by atoms with E-state index < -0.39 is 9.84 Å². The van der Waals surface area contributed by atoms with Crippen LogP contribution in [-0.2, 0) is 14.6 Å². The Hall–Kier alpha value is -0.620. The molecule has 0 aromatic rings. The molecular formula is C8H16N2O3S. The third-order valence-electron chi connectivity index (χ3n) is 2.16. The molecule has 0 aromatic heterocycles. The lowest BCUT2D eigenvalue weighted by Crippen LogP contribution is -2.46. The van der Waals surface area contributed by atoms with E-state index in [1.54, 1.807) is 4.90 Å². The average molecular weight is 220 g/mol. The second kappa shape index (κ2) is 4.75. The summed E-state index contributed by atoms with van der Waals surface area (Å²) < 4.78 is 21.7. The number of nitrogens with zero attached hydrogens (tertiary/aromatic N) is 1. The van der Waals surface area contributed by atoms with Crippen LogP contribution < -0.4 is 5.32 Å². The average Bonchev–Trinajstić information content (AvgIpc) is 2.14. The van der Waals surface area contributed by atoms with Gasteiger partial charge in [-0.2, -0.15) is 0 Å². The zero-order valence-corrected chi connectivity index (χ0v) is 9.14. The lowest BCUT2D eigenvalue weighted by atomic mass is 10.3. The first-order valence-corrected chi connectivity index (χ1v) is 6.71. The minimum Gasteiger partial charge on any atom is -0.340 e. The summed E-state index contributed by atoms with van der Waals surface area (Å²) in [5.41, 5.74) is 0. The summed E-state index contributed by atoms with van der Waals surface area (Å²) in [7, 11) is -3.02. The number of hydrogen-bond donors (Lipinski definition) is 1. The summed E-state index contributed by atoms with van der Waals surface area (Å²) in [5, 5.41) is 3.13. The van der Waals surface area contributed by atoms with Crippen molar-refractivity contribution in [2.75, 3.05) is 38.2 Å². The van der Waals surface area contributed by atoms with E-state index in [9.17, 15) is 13.2 Å². The fourth-order valence-electron chi connectivity index (χ4n) is 1.35. The summed E-state index contributed by atoms with van der Waals surface area (Å²) in [4.78, 5) is 13.2. The minimum atomic E-state index is -3.02. The van der Waals surface area contributed by atoms with Crippen LogP contribution in [-0.4, -0.2) is 57.4 Å². The van der Waals surface area contributed by atoms with E-state index in [-0.39, 0.29) is 18.1 Å². The molecule has 1 rings (SSSR count). The van der Waals surface area contributed by atoms with Crippen LogP contribution >= 0.6 is 0 Å². The summed E-state index contributed by atoms with van der Waals surface area (Å²) in [6.07, 6.45) is 1.26. The molecule has 0 radical (unpaired) electrons. The zero-order valence-electron chi connectivity index (χ0n) is 8.32. The molecule has 0 spiro atoms. The first-order chi connectivity index (χ1) is 6.49. The molecule has 1 aliphatic rings. The second-order valence-electron chi connectivity index (χ2n) is 3.51. The molecule has 5 nitrogen and oxygen atoms in total. The number of amides is 1. The summed E-state index contributed by atoms with van der Waals surface area (Å²) >= 11 is 0. The van der Waals surface area contributed by atoms with Crippen LogP contribution in [0.15, 0.2) is 0 Å². The van der Waals surface area contributed by atoms with Crippen molar-refractivity contribution in [2.24, 2.45) is 0 Å². The zero-order chi connectivity index (χ0) is 10.6. The van der Waals surface area contributed by atoms with Crippen molar-refractivity contribution >= 4 is 15.7 Å². The molecule has 0 saturated carbocycles. The fraction of sp³-hybridized carbons (Fsp3) is 0.875. The SMILES string of the molecule is CS(=O)(=O)CCC(=O)N1CCNCC1. The predicted octanol–water partition coefficient (Wildman–Crippen LogP) is -1.15. The standard InChI is InChI=1S/C8H16N2O3S/c1-14(12,13)7-2-8(11)10-5-3-9-4-6-10/h9H,2-7H2,1H3. The maximum absolute atomic E-state index is 11.5. The van der Waals surface area contributed by atoms with Gasteiger partial charge in [-0.3, -0.25) is 4.79 Å². The summed E-state index contributed by atoms with van der Waals surface area (Å²) in [6.45, 7) is 2.96. The van der Waals surface area contributed by atoms with Crippen LogP contribution in [0, 0.1) is 0 Å². The van der Waals surface area contributed by atoms with Gasteiger partial charge in [0.05, 0.1) is 5.75 Å². The van der Waals surface area contributed by atoms with Crippen molar-refractivity contribution in [1.29, 1.82) is 0 Å². The van der Waals surface area contributed by atoms with Gasteiger partial charge in [-0.05, 0) is 0 Å². The lowest BCUT2D eigenvalue weighted by molar-refractivity contribution is -0.131. The monoisotopic (exact) mass is 220 g/mol. The van der Waals surface area contributed by atoms with Gasteiger partial charge in [-0.1, -0.05) is 0 Å². The predicted molar refractivity (Wildman–Crippen MR) is 53.8 cm³/mol. The molecule has 1 fully saturated rings. The van der Waals surface area contributed by atoms with Gasteiger partial charge in [-0.15, -0.1) is 0 Å². The van der Waals surface area contributed by atoms with Crippen molar-refractivity contribution in [3.05, 3.63) is 0 Å². The van der Waals surface area contributed by atoms with Gasteiger partial charge in [0.2, 0.25) is 5.91 Å². The first kappa shape index (κ1) is 11.5. The maximum atomic E-state index is 11.5. The van der Waals surface area contributed by atoms with E-state index in [0.29, 0.717) is 13.1 Å². The highest BCUT2D eigenvalue weighted by Crippen LogP contribution is 1.98. The third-order valence-corrected chi connectivity index (χ3v) is 3.10. The van der Waals surface area contributed by atoms with Crippen molar-refractivity contribution in [2.45, 2.75) is 6.42 Å². The number of sulfone groups is 1. The number of rotatable bonds is 3. The normalized spacial score (nSPS) is 18.2. The molecule has 1 N–H and O–H groups in total. The van der Waals surface area contributed by atoms with E-state index >= 15 is 0 Å². The van der Waals surface area contributed by atoms with Gasteiger partial charge in [0.1, 0.15) is 9.84 Å². The van der Waals surface area contributed by atoms with E-state index in [2.05, 4.69) is 5.32 Å². The molecule has 14 heavy (non-hydrogen) atoms. The lowest BCUT2D eigenvalue weighted by Gasteiger charge is -2.27. The number of hydrogen-bond acceptors (Lipinski definition) is 4. The highest BCUT2D eigenvalue weighted by molar-refractivity contribution is 7.90. The maximum Gasteiger partial charge on any atom is 0.223 e. The van der Waals surface area contributed by atoms with E-state index in [1.165, 1.54) is 0 Å². The Morgan fingerprint density at radius 3 is 2.43 bits per heavy atom. The Labute approximate surface area is 84.4 Å². The Morgan fingerprint density at radius 1 is 1.36 bits per heavy atom. The molecule has 6 heteroatoms. The largest absolute Gasteiger partial charge is 0.340 e. The molecule has 0 bridgehead atoms. The van der Waals surface area contributed by atoms with E-state index in [4.69, 9.17) is 0 Å². The van der Waals surface area contributed by atoms with Crippen LogP contribution in [0.3, 0.4) is 0 Å². The van der Waals surface area contributed by atoms with Gasteiger partial charge >= 0.3 is 0 Å². The van der Waals surface area contributed by atoms with Gasteiger partial charge in [0.15, 0.2) is 0 Å². The molecule has 0 aliphatic carbocycles.